The molecule has 0 aliphatic carbocycles. The summed E-state index contributed by atoms with van der Waals surface area (Å²) in [7, 11) is 0. The van der Waals surface area contributed by atoms with E-state index in [1.165, 1.54) is 0 Å². The molecule has 0 radical (unpaired) electrons. The Morgan fingerprint density at radius 1 is 1.41 bits per heavy atom. The van der Waals surface area contributed by atoms with Crippen molar-refractivity contribution in [3.63, 3.8) is 0 Å². The van der Waals surface area contributed by atoms with Gasteiger partial charge in [0, 0.05) is 23.1 Å². The minimum atomic E-state index is -0.172. The topological polar surface area (TPSA) is 46.2 Å². The zero-order valence-corrected chi connectivity index (χ0v) is 11.4. The van der Waals surface area contributed by atoms with E-state index in [-0.39, 0.29) is 18.1 Å². The van der Waals surface area contributed by atoms with Crippen molar-refractivity contribution >= 4 is 11.6 Å². The van der Waals surface area contributed by atoms with Gasteiger partial charge in [0.15, 0.2) is 0 Å². The lowest BCUT2D eigenvalue weighted by Gasteiger charge is -2.38. The number of nitrogens with two attached hydrogens (primary N) is 1. The van der Waals surface area contributed by atoms with Crippen molar-refractivity contribution in [1.29, 1.82) is 0 Å². The summed E-state index contributed by atoms with van der Waals surface area (Å²) < 4.78 is 0. The lowest BCUT2D eigenvalue weighted by atomic mass is 9.69. The van der Waals surface area contributed by atoms with Gasteiger partial charge in [-0.05, 0) is 37.0 Å². The normalized spacial score (nSPS) is 16.5. The zero-order valence-electron chi connectivity index (χ0n) is 10.6. The number of rotatable bonds is 6. The molecular weight excluding hydrogens is 234 g/mol. The van der Waals surface area contributed by atoms with Crippen LogP contribution in [0, 0.1) is 0 Å². The molecule has 0 aliphatic rings. The van der Waals surface area contributed by atoms with Gasteiger partial charge in [-0.1, -0.05) is 37.6 Å². The fourth-order valence-corrected chi connectivity index (χ4v) is 2.77. The molecule has 17 heavy (non-hydrogen) atoms. The molecular formula is C14H22ClNO. The third kappa shape index (κ3) is 3.01. The Hall–Kier alpha value is -0.570. The maximum Gasteiger partial charge on any atom is 0.0440 e. The maximum absolute atomic E-state index is 9.32. The number of hydrogen-bond acceptors (Lipinski definition) is 2. The smallest absolute Gasteiger partial charge is 0.0440 e. The Morgan fingerprint density at radius 3 is 2.59 bits per heavy atom. The van der Waals surface area contributed by atoms with Crippen LogP contribution in [0.5, 0.6) is 0 Å². The number of aliphatic hydroxyl groups excluding tert-OH is 1. The van der Waals surface area contributed by atoms with Gasteiger partial charge in [0.1, 0.15) is 0 Å². The van der Waals surface area contributed by atoms with Crippen molar-refractivity contribution in [2.45, 2.75) is 44.6 Å². The average molecular weight is 256 g/mol. The Kier molecular flexibility index (Phi) is 5.44. The third-order valence-corrected chi connectivity index (χ3v) is 3.97. The predicted molar refractivity (Wildman–Crippen MR) is 73.4 cm³/mol. The first-order valence-corrected chi connectivity index (χ1v) is 6.61. The number of aliphatic hydroxyl groups is 1. The van der Waals surface area contributed by atoms with Crippen LogP contribution < -0.4 is 5.73 Å². The maximum atomic E-state index is 9.32. The molecule has 0 aliphatic heterocycles. The van der Waals surface area contributed by atoms with Gasteiger partial charge in [-0.25, -0.2) is 0 Å². The summed E-state index contributed by atoms with van der Waals surface area (Å²) in [6, 6.07) is 7.87. The molecule has 0 saturated carbocycles. The highest BCUT2D eigenvalue weighted by atomic mass is 35.5. The van der Waals surface area contributed by atoms with E-state index in [0.717, 1.165) is 23.4 Å². The lowest BCUT2D eigenvalue weighted by molar-refractivity contribution is 0.206. The molecule has 0 heterocycles. The molecule has 1 aromatic rings. The van der Waals surface area contributed by atoms with Crippen LogP contribution in [0.1, 0.15) is 38.7 Å². The van der Waals surface area contributed by atoms with E-state index in [9.17, 15) is 5.11 Å². The van der Waals surface area contributed by atoms with Crippen molar-refractivity contribution in [3.05, 3.63) is 34.9 Å². The highest BCUT2D eigenvalue weighted by Gasteiger charge is 2.35. The van der Waals surface area contributed by atoms with Gasteiger partial charge in [-0.2, -0.15) is 0 Å². The van der Waals surface area contributed by atoms with Crippen molar-refractivity contribution in [1.82, 2.24) is 0 Å². The van der Waals surface area contributed by atoms with Gasteiger partial charge in [-0.3, -0.25) is 0 Å². The number of benzene rings is 1. The van der Waals surface area contributed by atoms with Crippen LogP contribution in [0.4, 0.5) is 0 Å². The zero-order chi connectivity index (χ0) is 12.9. The van der Waals surface area contributed by atoms with Crippen LogP contribution in [0.2, 0.25) is 5.02 Å². The Morgan fingerprint density at radius 2 is 2.12 bits per heavy atom. The van der Waals surface area contributed by atoms with Gasteiger partial charge in [0.05, 0.1) is 0 Å². The summed E-state index contributed by atoms with van der Waals surface area (Å²) in [5.41, 5.74) is 7.24. The summed E-state index contributed by atoms with van der Waals surface area (Å²) in [6.07, 6.45) is 2.47. The largest absolute Gasteiger partial charge is 0.396 e. The van der Waals surface area contributed by atoms with E-state index >= 15 is 0 Å². The third-order valence-electron chi connectivity index (χ3n) is 3.74. The molecule has 0 amide bonds. The van der Waals surface area contributed by atoms with Gasteiger partial charge in [0.25, 0.3) is 0 Å². The first-order valence-electron chi connectivity index (χ1n) is 6.23. The summed E-state index contributed by atoms with van der Waals surface area (Å²) in [5.74, 6) is 0. The monoisotopic (exact) mass is 255 g/mol. The summed E-state index contributed by atoms with van der Waals surface area (Å²) in [6.45, 7) is 4.34. The molecule has 2 atom stereocenters. The molecule has 3 N–H and O–H groups in total. The van der Waals surface area contributed by atoms with Crippen LogP contribution in [0.15, 0.2) is 24.3 Å². The second-order valence-corrected chi connectivity index (χ2v) is 4.94. The van der Waals surface area contributed by atoms with Gasteiger partial charge >= 0.3 is 0 Å². The molecule has 96 valence electrons. The van der Waals surface area contributed by atoms with E-state index in [1.54, 1.807) is 0 Å². The molecule has 0 bridgehead atoms. The van der Waals surface area contributed by atoms with E-state index in [4.69, 9.17) is 17.3 Å². The highest BCUT2D eigenvalue weighted by molar-refractivity contribution is 6.30. The van der Waals surface area contributed by atoms with E-state index in [2.05, 4.69) is 19.9 Å². The molecule has 0 saturated heterocycles. The van der Waals surface area contributed by atoms with Crippen LogP contribution in [0.3, 0.4) is 0 Å². The first-order chi connectivity index (χ1) is 8.10. The van der Waals surface area contributed by atoms with Crippen molar-refractivity contribution in [2.75, 3.05) is 6.61 Å². The molecule has 2 unspecified atom stereocenters. The molecule has 0 aromatic heterocycles. The summed E-state index contributed by atoms with van der Waals surface area (Å²) >= 11 is 6.05. The van der Waals surface area contributed by atoms with Crippen molar-refractivity contribution < 1.29 is 5.11 Å². The fourth-order valence-electron chi connectivity index (χ4n) is 2.58. The molecule has 2 nitrogen and oxygen atoms in total. The van der Waals surface area contributed by atoms with E-state index < -0.39 is 0 Å². The van der Waals surface area contributed by atoms with Crippen LogP contribution in [-0.4, -0.2) is 17.8 Å². The van der Waals surface area contributed by atoms with Gasteiger partial charge in [-0.15, -0.1) is 0 Å². The minimum Gasteiger partial charge on any atom is -0.396 e. The Labute approximate surface area is 109 Å². The standard InChI is InChI=1S/C14H22ClNO/c1-3-13(16)14(4-2,8-9-17)11-6-5-7-12(15)10-11/h5-7,10,13,17H,3-4,8-9,16H2,1-2H3. The lowest BCUT2D eigenvalue weighted by Crippen LogP contribution is -2.45. The molecule has 3 heteroatoms. The molecule has 0 fully saturated rings. The molecule has 0 spiro atoms. The van der Waals surface area contributed by atoms with Crippen molar-refractivity contribution in [3.8, 4) is 0 Å². The number of hydrogen-bond donors (Lipinski definition) is 2. The average Bonchev–Trinajstić information content (AvgIpc) is 2.35. The van der Waals surface area contributed by atoms with Crippen LogP contribution >= 0.6 is 11.6 Å². The number of halogens is 1. The van der Waals surface area contributed by atoms with E-state index in [0.29, 0.717) is 6.42 Å². The van der Waals surface area contributed by atoms with Crippen LogP contribution in [-0.2, 0) is 5.41 Å². The van der Waals surface area contributed by atoms with Crippen molar-refractivity contribution in [2.24, 2.45) is 5.73 Å². The van der Waals surface area contributed by atoms with E-state index in [1.807, 2.05) is 18.2 Å². The summed E-state index contributed by atoms with van der Waals surface area (Å²) in [5, 5.41) is 10.0. The Bertz CT molecular complexity index is 356. The summed E-state index contributed by atoms with van der Waals surface area (Å²) in [4.78, 5) is 0. The second-order valence-electron chi connectivity index (χ2n) is 4.51. The highest BCUT2D eigenvalue weighted by Crippen LogP contribution is 2.36. The molecule has 1 aromatic carbocycles. The van der Waals surface area contributed by atoms with Gasteiger partial charge < -0.3 is 10.8 Å². The quantitative estimate of drug-likeness (QED) is 0.821. The first kappa shape index (κ1) is 14.5. The SMILES string of the molecule is CCC(N)C(CC)(CCO)c1cccc(Cl)c1. The Balaban J connectivity index is 3.20. The predicted octanol–water partition coefficient (Wildman–Crippen LogP) is 3.11. The minimum absolute atomic E-state index is 0.0399. The van der Waals surface area contributed by atoms with Gasteiger partial charge in [0.2, 0.25) is 0 Å². The van der Waals surface area contributed by atoms with Crippen LogP contribution in [0.25, 0.3) is 0 Å². The fraction of sp³-hybridized carbons (Fsp3) is 0.571. The second kappa shape index (κ2) is 6.39. The molecule has 1 rings (SSSR count).